The van der Waals surface area contributed by atoms with Crippen LogP contribution in [-0.4, -0.2) is 257 Å². The van der Waals surface area contributed by atoms with Gasteiger partial charge >= 0.3 is 17.9 Å². The number of esters is 2. The first kappa shape index (κ1) is 70.1. The van der Waals surface area contributed by atoms with E-state index >= 15 is 0 Å². The van der Waals surface area contributed by atoms with E-state index in [-0.39, 0.29) is 30.3 Å². The molecular formula is C62H96O27. The van der Waals surface area contributed by atoms with Gasteiger partial charge < -0.3 is 119 Å². The lowest BCUT2D eigenvalue weighted by atomic mass is 9.32. The normalized spacial score (nSPS) is 49.8. The number of aliphatic carboxylic acids is 1. The van der Waals surface area contributed by atoms with Crippen LogP contribution in [0.25, 0.3) is 0 Å². The van der Waals surface area contributed by atoms with Gasteiger partial charge in [0.2, 0.25) is 0 Å². The van der Waals surface area contributed by atoms with Crippen LogP contribution in [-0.2, 0) is 61.8 Å². The minimum absolute atomic E-state index is 0.197. The summed E-state index contributed by atoms with van der Waals surface area (Å²) in [6, 6.07) is 0. The van der Waals surface area contributed by atoms with E-state index in [0.717, 1.165) is 5.57 Å². The third-order valence-corrected chi connectivity index (χ3v) is 23.0. The van der Waals surface area contributed by atoms with E-state index in [9.17, 15) is 85.9 Å². The third kappa shape index (κ3) is 11.5. The van der Waals surface area contributed by atoms with Crippen LogP contribution < -0.4 is 0 Å². The highest BCUT2D eigenvalue weighted by molar-refractivity contribution is 5.89. The van der Waals surface area contributed by atoms with Gasteiger partial charge in [-0.1, -0.05) is 72.3 Å². The molecule has 89 heavy (non-hydrogen) atoms. The molecule has 4 saturated heterocycles. The molecule has 506 valence electrons. The van der Waals surface area contributed by atoms with Crippen LogP contribution in [0.3, 0.4) is 0 Å². The van der Waals surface area contributed by atoms with Gasteiger partial charge in [-0.3, -0.25) is 0 Å². The van der Waals surface area contributed by atoms with E-state index in [1.54, 1.807) is 39.8 Å². The second-order valence-electron chi connectivity index (χ2n) is 28.4. The van der Waals surface area contributed by atoms with Crippen molar-refractivity contribution >= 4 is 17.9 Å². The van der Waals surface area contributed by atoms with Crippen LogP contribution >= 0.6 is 0 Å². The maximum absolute atomic E-state index is 13.9. The average Bonchev–Trinajstić information content (AvgIpc) is 0.667. The Balaban J connectivity index is 1.05. The van der Waals surface area contributed by atoms with Crippen molar-refractivity contribution < 1.29 is 133 Å². The van der Waals surface area contributed by atoms with Gasteiger partial charge in [0.1, 0.15) is 85.5 Å². The standard InChI is InChI=1S/C62H96O27/c1-12-25(3)51(78)88-48-49(89-52(79)26(4)13-2)62(24-64)28(20-57(48,5)6)27-14-15-33-59(9)18-17-34(58(7,8)32(59)16-19-60(33,10)61(27,11)46(74)47(62)75)83-56-45(87-54-40(72)38(70)37(69)31(21-63)82-54)42(41(73)43(85-56)50(76)77)84-55-44(36(68)30(66)23-81-55)86-53-39(71)35(67)29(65)22-80-53/h12-14,28-49,53-56,63-75H,15-24H2,1-11H3,(H,76,77)/b25-12-,26-13-/t28-,29+,30-,31+,32-,33+,34-,35-,36-,37-,38-,39+,40+,41-,42-,43-,44+,45+,46-,47+,48-,49-,53-,54-,55-,56+,59-,60+,61-,62-/m0/s1. The van der Waals surface area contributed by atoms with Crippen molar-refractivity contribution in [2.75, 3.05) is 26.4 Å². The van der Waals surface area contributed by atoms with Crippen LogP contribution in [0.4, 0.5) is 0 Å². The zero-order chi connectivity index (χ0) is 65.7. The summed E-state index contributed by atoms with van der Waals surface area (Å²) in [6.07, 6.45) is -33.0. The summed E-state index contributed by atoms with van der Waals surface area (Å²) in [7, 11) is 0. The van der Waals surface area contributed by atoms with Gasteiger partial charge in [0.15, 0.2) is 37.4 Å². The second-order valence-corrected chi connectivity index (χ2v) is 28.4. The molecular weight excluding hydrogens is 1180 g/mol. The molecule has 9 aliphatic rings. The first-order valence-electron chi connectivity index (χ1n) is 31.1. The van der Waals surface area contributed by atoms with Crippen molar-refractivity contribution in [3.8, 4) is 0 Å². The summed E-state index contributed by atoms with van der Waals surface area (Å²) < 4.78 is 61.2. The topological polar surface area (TPSA) is 427 Å². The first-order chi connectivity index (χ1) is 41.6. The van der Waals surface area contributed by atoms with E-state index in [4.69, 9.17) is 47.4 Å². The van der Waals surface area contributed by atoms with Crippen LogP contribution in [0, 0.1) is 50.2 Å². The Morgan fingerprint density at radius 3 is 1.78 bits per heavy atom. The molecule has 4 aliphatic heterocycles. The van der Waals surface area contributed by atoms with Gasteiger partial charge in [0.25, 0.3) is 0 Å². The Morgan fingerprint density at radius 1 is 0.607 bits per heavy atom. The van der Waals surface area contributed by atoms with E-state index in [1.165, 1.54) is 0 Å². The van der Waals surface area contributed by atoms with Gasteiger partial charge in [-0.05, 0) is 100 Å². The van der Waals surface area contributed by atoms with Gasteiger partial charge in [-0.2, -0.15) is 0 Å². The monoisotopic (exact) mass is 1270 g/mol. The highest BCUT2D eigenvalue weighted by Gasteiger charge is 2.76. The minimum atomic E-state index is -2.24. The molecule has 27 heteroatoms. The highest BCUT2D eigenvalue weighted by atomic mass is 16.8. The molecule has 30 atom stereocenters. The van der Waals surface area contributed by atoms with Gasteiger partial charge in [0, 0.05) is 22.0 Å². The molecule has 0 spiro atoms. The summed E-state index contributed by atoms with van der Waals surface area (Å²) >= 11 is 0. The summed E-state index contributed by atoms with van der Waals surface area (Å²) in [5, 5.41) is 157. The number of carbonyl (C=O) groups excluding carboxylic acids is 2. The smallest absolute Gasteiger partial charge is 0.335 e. The Bertz CT molecular complexity index is 2660. The molecule has 9 rings (SSSR count). The van der Waals surface area contributed by atoms with E-state index in [2.05, 4.69) is 19.9 Å². The molecule has 0 aromatic rings. The molecule has 0 amide bonds. The quantitative estimate of drug-likeness (QED) is 0.0393. The molecule has 14 N–H and O–H groups in total. The molecule has 0 aromatic heterocycles. The Kier molecular flexibility index (Phi) is 20.4. The van der Waals surface area contributed by atoms with Crippen LogP contribution in [0.5, 0.6) is 0 Å². The van der Waals surface area contributed by atoms with E-state index in [1.807, 2.05) is 34.6 Å². The number of aliphatic hydroxyl groups is 13. The van der Waals surface area contributed by atoms with E-state index < -0.39 is 224 Å². The maximum Gasteiger partial charge on any atom is 0.335 e. The number of carbonyl (C=O) groups is 3. The van der Waals surface area contributed by atoms with Crippen molar-refractivity contribution in [2.45, 2.75) is 256 Å². The number of ether oxygens (including phenoxy) is 10. The number of carboxylic acids is 1. The van der Waals surface area contributed by atoms with Gasteiger partial charge in [-0.15, -0.1) is 0 Å². The number of fused-ring (bicyclic) bond motifs is 7. The van der Waals surface area contributed by atoms with Crippen LogP contribution in [0.2, 0.25) is 0 Å². The number of carboxylic acid groups (broad SMARTS) is 1. The largest absolute Gasteiger partial charge is 0.479 e. The molecule has 0 unspecified atom stereocenters. The first-order valence-corrected chi connectivity index (χ1v) is 31.1. The summed E-state index contributed by atoms with van der Waals surface area (Å²) in [5.41, 5.74) is -4.71. The highest BCUT2D eigenvalue weighted by Crippen LogP contribution is 2.76. The summed E-state index contributed by atoms with van der Waals surface area (Å²) in [5.74, 6) is -4.23. The number of rotatable bonds is 15. The van der Waals surface area contributed by atoms with Crippen molar-refractivity contribution in [3.05, 3.63) is 34.9 Å². The second kappa shape index (κ2) is 25.8. The maximum atomic E-state index is 13.9. The number of hydrogen-bond acceptors (Lipinski definition) is 26. The Morgan fingerprint density at radius 2 is 1.18 bits per heavy atom. The molecule has 5 aliphatic carbocycles. The fraction of sp³-hybridized carbons (Fsp3) is 0.855. The van der Waals surface area contributed by atoms with E-state index in [0.29, 0.717) is 31.3 Å². The van der Waals surface area contributed by atoms with Crippen molar-refractivity contribution in [2.24, 2.45) is 50.2 Å². The fourth-order valence-corrected chi connectivity index (χ4v) is 17.3. The van der Waals surface area contributed by atoms with Crippen molar-refractivity contribution in [1.29, 1.82) is 0 Å². The lowest BCUT2D eigenvalue weighted by Crippen LogP contribution is -2.76. The molecule has 0 radical (unpaired) electrons. The third-order valence-electron chi connectivity index (χ3n) is 23.0. The van der Waals surface area contributed by atoms with Crippen LogP contribution in [0.1, 0.15) is 115 Å². The summed E-state index contributed by atoms with van der Waals surface area (Å²) in [6.45, 7) is 17.7. The number of allylic oxidation sites excluding steroid dienone is 3. The molecule has 0 bridgehead atoms. The van der Waals surface area contributed by atoms with Crippen LogP contribution in [0.15, 0.2) is 34.9 Å². The molecule has 8 fully saturated rings. The molecule has 4 heterocycles. The Labute approximate surface area is 517 Å². The fourth-order valence-electron chi connectivity index (χ4n) is 17.3. The number of hydrogen-bond donors (Lipinski definition) is 14. The predicted octanol–water partition coefficient (Wildman–Crippen LogP) is -1.27. The lowest BCUT2D eigenvalue weighted by molar-refractivity contribution is -0.399. The average molecular weight is 1270 g/mol. The summed E-state index contributed by atoms with van der Waals surface area (Å²) in [4.78, 5) is 40.7. The zero-order valence-electron chi connectivity index (χ0n) is 52.4. The Hall–Kier alpha value is -3.21. The van der Waals surface area contributed by atoms with Gasteiger partial charge in [-0.25, -0.2) is 14.4 Å². The lowest BCUT2D eigenvalue weighted by Gasteiger charge is -2.73. The van der Waals surface area contributed by atoms with Crippen molar-refractivity contribution in [3.63, 3.8) is 0 Å². The SMILES string of the molecule is C/C=C(/C)C(=O)O[C@H]1[C@H](OC(=O)/C(C)=C\C)[C@]2(CO)[C@H](O)[C@H](O)[C@]3(C)C(=CC[C@@H]4[C@@]5(C)CC[C@H](O[C@@H]6O[C@H](C(=O)O)[C@@H](O)[C@H](O[C@@H]7OC[C@H](O)[C@H](O)[C@H]7O[C@@H]7OC[C@@H](O)[C@H](O)[C@H]7O)[C@H]6O[C@@H]6O[C@H](CO)[C@H](O)[C@H](O)[C@H]6O)C(C)(C)[C@@H]5CC[C@]43C)[C@@H]2CC1(C)C. The number of aliphatic hydroxyl groups excluding tert-OH is 13. The minimum Gasteiger partial charge on any atom is -0.479 e. The molecule has 27 nitrogen and oxygen atoms in total. The predicted molar refractivity (Wildman–Crippen MR) is 303 cm³/mol. The van der Waals surface area contributed by atoms with Gasteiger partial charge in [0.05, 0.1) is 50.2 Å². The molecule has 4 saturated carbocycles. The zero-order valence-corrected chi connectivity index (χ0v) is 52.4. The molecule has 0 aromatic carbocycles. The van der Waals surface area contributed by atoms with Crippen molar-refractivity contribution in [1.82, 2.24) is 0 Å².